The SMILES string of the molecule is CC(C)(C)C(=O)N(CC(=O)Nc1ccc2c(c1)CC1(C2)C(=O)Nc2ncccc21)Cc1ccccc1C=NCCF. The number of aromatic nitrogens is 1. The van der Waals surface area contributed by atoms with Gasteiger partial charge in [-0.3, -0.25) is 19.4 Å². The zero-order valence-electron chi connectivity index (χ0n) is 23.5. The summed E-state index contributed by atoms with van der Waals surface area (Å²) in [5, 5.41) is 5.86. The second-order valence-corrected chi connectivity index (χ2v) is 11.7. The molecule has 1 spiro atoms. The quantitative estimate of drug-likeness (QED) is 0.400. The average molecular weight is 556 g/mol. The Morgan fingerprint density at radius 1 is 1.12 bits per heavy atom. The molecule has 5 rings (SSSR count). The molecule has 0 radical (unpaired) electrons. The van der Waals surface area contributed by atoms with Crippen molar-refractivity contribution in [3.05, 3.63) is 88.6 Å². The number of nitrogens with zero attached hydrogens (tertiary/aromatic N) is 3. The molecule has 2 N–H and O–H groups in total. The first-order valence-electron chi connectivity index (χ1n) is 13.7. The minimum atomic E-state index is -0.702. The fraction of sp³-hybridized carbons (Fsp3) is 0.344. The van der Waals surface area contributed by atoms with Gasteiger partial charge >= 0.3 is 0 Å². The van der Waals surface area contributed by atoms with Gasteiger partial charge in [-0.15, -0.1) is 0 Å². The summed E-state index contributed by atoms with van der Waals surface area (Å²) in [6.45, 7) is 5.03. The molecule has 9 heteroatoms. The number of hydrogen-bond donors (Lipinski definition) is 2. The van der Waals surface area contributed by atoms with E-state index in [4.69, 9.17) is 0 Å². The van der Waals surface area contributed by atoms with Gasteiger partial charge in [-0.05, 0) is 53.3 Å². The molecule has 2 heterocycles. The van der Waals surface area contributed by atoms with Crippen molar-refractivity contribution in [2.24, 2.45) is 10.4 Å². The molecular weight excluding hydrogens is 521 g/mol. The molecule has 41 heavy (non-hydrogen) atoms. The molecule has 1 unspecified atom stereocenters. The van der Waals surface area contributed by atoms with Crippen LogP contribution in [0.4, 0.5) is 15.9 Å². The van der Waals surface area contributed by atoms with Crippen LogP contribution in [-0.2, 0) is 39.2 Å². The number of benzene rings is 2. The smallest absolute Gasteiger partial charge is 0.244 e. The molecule has 1 aromatic heterocycles. The fourth-order valence-corrected chi connectivity index (χ4v) is 5.61. The number of carbonyl (C=O) groups excluding carboxylic acids is 3. The van der Waals surface area contributed by atoms with Crippen molar-refractivity contribution >= 4 is 35.4 Å². The first-order valence-corrected chi connectivity index (χ1v) is 13.7. The summed E-state index contributed by atoms with van der Waals surface area (Å²) >= 11 is 0. The molecule has 8 nitrogen and oxygen atoms in total. The number of pyridine rings is 1. The first-order chi connectivity index (χ1) is 19.6. The lowest BCUT2D eigenvalue weighted by atomic mass is 9.79. The highest BCUT2D eigenvalue weighted by Gasteiger charge is 2.51. The third-order valence-corrected chi connectivity index (χ3v) is 7.59. The topological polar surface area (TPSA) is 104 Å². The van der Waals surface area contributed by atoms with E-state index < -0.39 is 17.5 Å². The summed E-state index contributed by atoms with van der Waals surface area (Å²) in [5.74, 6) is 0.0580. The van der Waals surface area contributed by atoms with Gasteiger partial charge < -0.3 is 15.5 Å². The van der Waals surface area contributed by atoms with E-state index >= 15 is 0 Å². The van der Waals surface area contributed by atoms with Gasteiger partial charge in [0.1, 0.15) is 19.0 Å². The standard InChI is InChI=1S/C32H34FN5O3/c1-31(2,3)30(41)38(19-23-8-5-4-7-22(23)18-34-14-12-33)20-27(39)36-25-11-10-21-16-32(17-24(21)15-25)26-9-6-13-35-28(26)37-29(32)40/h4-11,13,15,18H,12,14,16-17,19-20H2,1-3H3,(H,36,39)(H,35,37,40). The number of rotatable bonds is 8. The second-order valence-electron chi connectivity index (χ2n) is 11.7. The van der Waals surface area contributed by atoms with Crippen molar-refractivity contribution in [1.82, 2.24) is 9.88 Å². The minimum Gasteiger partial charge on any atom is -0.329 e. The van der Waals surface area contributed by atoms with Gasteiger partial charge in [0.05, 0.1) is 12.0 Å². The highest BCUT2D eigenvalue weighted by atomic mass is 19.1. The number of amides is 3. The Hall–Kier alpha value is -4.40. The summed E-state index contributed by atoms with van der Waals surface area (Å²) < 4.78 is 12.6. The monoisotopic (exact) mass is 555 g/mol. The predicted molar refractivity (Wildman–Crippen MR) is 157 cm³/mol. The normalized spacial score (nSPS) is 17.4. The van der Waals surface area contributed by atoms with Crippen molar-refractivity contribution in [2.45, 2.75) is 45.6 Å². The summed E-state index contributed by atoms with van der Waals surface area (Å²) in [5.41, 5.74) is 3.76. The van der Waals surface area contributed by atoms with Crippen molar-refractivity contribution in [3.8, 4) is 0 Å². The molecule has 0 saturated carbocycles. The average Bonchev–Trinajstić information content (AvgIpc) is 3.45. The number of aliphatic imine (C=N–C) groups is 1. The van der Waals surface area contributed by atoms with E-state index in [0.717, 1.165) is 27.8 Å². The summed E-state index contributed by atoms with van der Waals surface area (Å²) in [4.78, 5) is 49.6. The van der Waals surface area contributed by atoms with Crippen LogP contribution in [0.3, 0.4) is 0 Å². The summed E-state index contributed by atoms with van der Waals surface area (Å²) in [6, 6.07) is 16.9. The maximum absolute atomic E-state index is 13.4. The molecule has 2 aliphatic rings. The fourth-order valence-electron chi connectivity index (χ4n) is 5.61. The van der Waals surface area contributed by atoms with Crippen LogP contribution in [0.2, 0.25) is 0 Å². The van der Waals surface area contributed by atoms with Gasteiger partial charge in [0, 0.05) is 35.6 Å². The second kappa shape index (κ2) is 11.2. The maximum Gasteiger partial charge on any atom is 0.244 e. The Morgan fingerprint density at radius 3 is 2.68 bits per heavy atom. The lowest BCUT2D eigenvalue weighted by molar-refractivity contribution is -0.142. The van der Waals surface area contributed by atoms with E-state index in [1.807, 2.05) is 75.4 Å². The van der Waals surface area contributed by atoms with E-state index in [0.29, 0.717) is 24.3 Å². The number of nitrogens with one attached hydrogen (secondary N) is 2. The Kier molecular flexibility index (Phi) is 7.71. The predicted octanol–water partition coefficient (Wildman–Crippen LogP) is 4.47. The molecule has 3 aromatic rings. The minimum absolute atomic E-state index is 0.0562. The zero-order chi connectivity index (χ0) is 29.2. The van der Waals surface area contributed by atoms with Crippen LogP contribution < -0.4 is 10.6 Å². The molecule has 1 aliphatic heterocycles. The van der Waals surface area contributed by atoms with Crippen LogP contribution in [0, 0.1) is 5.41 Å². The third kappa shape index (κ3) is 5.75. The largest absolute Gasteiger partial charge is 0.329 e. The lowest BCUT2D eigenvalue weighted by Gasteiger charge is -2.29. The van der Waals surface area contributed by atoms with Crippen LogP contribution in [0.1, 0.15) is 48.6 Å². The van der Waals surface area contributed by atoms with Crippen LogP contribution in [0.15, 0.2) is 65.8 Å². The van der Waals surface area contributed by atoms with Gasteiger partial charge in [0.2, 0.25) is 17.7 Å². The first kappa shape index (κ1) is 28.1. The number of anilines is 2. The van der Waals surface area contributed by atoms with Gasteiger partial charge in [0.25, 0.3) is 0 Å². The van der Waals surface area contributed by atoms with Crippen molar-refractivity contribution in [1.29, 1.82) is 0 Å². The Bertz CT molecular complexity index is 1530. The van der Waals surface area contributed by atoms with Crippen LogP contribution >= 0.6 is 0 Å². The Labute approximate surface area is 239 Å². The zero-order valence-corrected chi connectivity index (χ0v) is 23.5. The highest BCUT2D eigenvalue weighted by molar-refractivity contribution is 6.06. The van der Waals surface area contributed by atoms with Gasteiger partial charge in [-0.1, -0.05) is 57.2 Å². The number of alkyl halides is 1. The Balaban J connectivity index is 1.32. The number of carbonyl (C=O) groups is 3. The van der Waals surface area contributed by atoms with E-state index in [2.05, 4.69) is 20.6 Å². The van der Waals surface area contributed by atoms with Gasteiger partial charge in [0.15, 0.2) is 0 Å². The van der Waals surface area contributed by atoms with Crippen LogP contribution in [0.25, 0.3) is 0 Å². The van der Waals surface area contributed by atoms with Gasteiger partial charge in [-0.2, -0.15) is 0 Å². The van der Waals surface area contributed by atoms with E-state index in [1.54, 1.807) is 12.4 Å². The molecule has 0 bridgehead atoms. The Morgan fingerprint density at radius 2 is 1.90 bits per heavy atom. The van der Waals surface area contributed by atoms with E-state index in [9.17, 15) is 18.8 Å². The third-order valence-electron chi connectivity index (χ3n) is 7.59. The maximum atomic E-state index is 13.4. The molecule has 212 valence electrons. The lowest BCUT2D eigenvalue weighted by Crippen LogP contribution is -2.43. The molecule has 1 aliphatic carbocycles. The van der Waals surface area contributed by atoms with Crippen LogP contribution in [-0.4, -0.2) is 53.6 Å². The van der Waals surface area contributed by atoms with Crippen molar-refractivity contribution in [3.63, 3.8) is 0 Å². The molecule has 0 fully saturated rings. The number of halogens is 1. The highest BCUT2D eigenvalue weighted by Crippen LogP contribution is 2.46. The van der Waals surface area contributed by atoms with Crippen LogP contribution in [0.5, 0.6) is 0 Å². The molecule has 2 aromatic carbocycles. The van der Waals surface area contributed by atoms with E-state index in [-0.39, 0.29) is 37.4 Å². The van der Waals surface area contributed by atoms with Crippen molar-refractivity contribution in [2.75, 3.05) is 30.4 Å². The summed E-state index contributed by atoms with van der Waals surface area (Å²) in [6.07, 6.45) is 4.36. The number of fused-ring (bicyclic) bond motifs is 3. The molecule has 3 amide bonds. The van der Waals surface area contributed by atoms with E-state index in [1.165, 1.54) is 4.90 Å². The molecule has 1 atom stereocenters. The molecule has 0 saturated heterocycles. The van der Waals surface area contributed by atoms with Crippen molar-refractivity contribution < 1.29 is 18.8 Å². The summed E-state index contributed by atoms with van der Waals surface area (Å²) in [7, 11) is 0. The van der Waals surface area contributed by atoms with Gasteiger partial charge in [-0.25, -0.2) is 9.37 Å². The number of hydrogen-bond acceptors (Lipinski definition) is 5. The molecular formula is C32H34FN5O3.